The van der Waals surface area contributed by atoms with Crippen LogP contribution < -0.4 is 11.3 Å². The number of amides is 1. The molecule has 7 heteroatoms. The number of hydrogen-bond acceptors (Lipinski definition) is 4. The van der Waals surface area contributed by atoms with Gasteiger partial charge in [0.05, 0.1) is 22.1 Å². The average molecular weight is 460 g/mol. The second kappa shape index (κ2) is 7.63. The maximum atomic E-state index is 13.3. The van der Waals surface area contributed by atoms with Gasteiger partial charge in [0.15, 0.2) is 5.69 Å². The third-order valence-corrected chi connectivity index (χ3v) is 6.57. The van der Waals surface area contributed by atoms with E-state index in [2.05, 4.69) is 15.0 Å². The maximum absolute atomic E-state index is 13.3. The molecule has 0 unspecified atom stereocenters. The van der Waals surface area contributed by atoms with Crippen LogP contribution in [0.5, 0.6) is 0 Å². The first-order valence-corrected chi connectivity index (χ1v) is 11.2. The van der Waals surface area contributed by atoms with E-state index < -0.39 is 5.91 Å². The van der Waals surface area contributed by atoms with Crippen LogP contribution >= 0.6 is 0 Å². The van der Waals surface area contributed by atoms with Crippen molar-refractivity contribution < 1.29 is 4.79 Å². The lowest BCUT2D eigenvalue weighted by molar-refractivity contribution is 0.0997. The zero-order valence-corrected chi connectivity index (χ0v) is 19.2. The van der Waals surface area contributed by atoms with Gasteiger partial charge in [0.25, 0.3) is 11.5 Å². The van der Waals surface area contributed by atoms with E-state index >= 15 is 0 Å². The molecule has 0 aliphatic carbocycles. The molecular formula is C28H21N5O2. The number of aromatic nitrogens is 4. The highest BCUT2D eigenvalue weighted by Gasteiger charge is 2.22. The SMILES string of the molecule is Cc1nc(C(N)=O)c2[nH]c3ccccc3c2c1-c1cccc(-n2cnc3ccccc3c2=O)c1C. The molecule has 0 radical (unpaired) electrons. The predicted molar refractivity (Wildman–Crippen MR) is 138 cm³/mol. The number of carbonyl (C=O) groups is 1. The summed E-state index contributed by atoms with van der Waals surface area (Å²) in [4.78, 5) is 38.0. The minimum absolute atomic E-state index is 0.132. The van der Waals surface area contributed by atoms with E-state index in [1.165, 1.54) is 0 Å². The number of aryl methyl sites for hydroxylation is 1. The molecule has 0 spiro atoms. The zero-order valence-electron chi connectivity index (χ0n) is 19.2. The Morgan fingerprint density at radius 3 is 2.49 bits per heavy atom. The van der Waals surface area contributed by atoms with Crippen molar-refractivity contribution in [2.45, 2.75) is 13.8 Å². The Kier molecular flexibility index (Phi) is 4.54. The summed E-state index contributed by atoms with van der Waals surface area (Å²) in [5.41, 5.74) is 12.0. The maximum Gasteiger partial charge on any atom is 0.269 e. The highest BCUT2D eigenvalue weighted by Crippen LogP contribution is 2.39. The molecule has 0 aliphatic heterocycles. The predicted octanol–water partition coefficient (Wildman–Crippen LogP) is 4.80. The monoisotopic (exact) mass is 459 g/mol. The molecule has 0 atom stereocenters. The molecule has 6 aromatic rings. The first kappa shape index (κ1) is 20.8. The van der Waals surface area contributed by atoms with Crippen molar-refractivity contribution in [3.8, 4) is 16.8 Å². The Morgan fingerprint density at radius 2 is 1.69 bits per heavy atom. The minimum Gasteiger partial charge on any atom is -0.364 e. The van der Waals surface area contributed by atoms with Crippen molar-refractivity contribution in [3.05, 3.63) is 100 Å². The summed E-state index contributed by atoms with van der Waals surface area (Å²) in [5.74, 6) is -0.588. The molecule has 3 N–H and O–H groups in total. The second-order valence-corrected chi connectivity index (χ2v) is 8.59. The lowest BCUT2D eigenvalue weighted by Gasteiger charge is -2.16. The van der Waals surface area contributed by atoms with E-state index in [-0.39, 0.29) is 11.3 Å². The largest absolute Gasteiger partial charge is 0.364 e. The van der Waals surface area contributed by atoms with Crippen LogP contribution in [0.4, 0.5) is 0 Å². The first-order valence-electron chi connectivity index (χ1n) is 11.2. The fraction of sp³-hybridized carbons (Fsp3) is 0.0714. The van der Waals surface area contributed by atoms with Gasteiger partial charge < -0.3 is 10.7 Å². The van der Waals surface area contributed by atoms with Crippen molar-refractivity contribution in [1.29, 1.82) is 0 Å². The van der Waals surface area contributed by atoms with Crippen molar-refractivity contribution in [1.82, 2.24) is 19.5 Å². The normalized spacial score (nSPS) is 11.5. The van der Waals surface area contributed by atoms with Crippen LogP contribution in [0.2, 0.25) is 0 Å². The van der Waals surface area contributed by atoms with Gasteiger partial charge in [-0.2, -0.15) is 0 Å². The molecule has 3 aromatic heterocycles. The quantitative estimate of drug-likeness (QED) is 0.396. The second-order valence-electron chi connectivity index (χ2n) is 8.59. The molecule has 0 saturated heterocycles. The Balaban J connectivity index is 1.69. The highest BCUT2D eigenvalue weighted by atomic mass is 16.1. The lowest BCUT2D eigenvalue weighted by atomic mass is 9.93. The van der Waals surface area contributed by atoms with Gasteiger partial charge in [0.1, 0.15) is 6.33 Å². The van der Waals surface area contributed by atoms with E-state index in [1.54, 1.807) is 17.0 Å². The number of H-pyrrole nitrogens is 1. The van der Waals surface area contributed by atoms with Gasteiger partial charge in [0, 0.05) is 27.5 Å². The number of nitrogens with zero attached hydrogens (tertiary/aromatic N) is 3. The van der Waals surface area contributed by atoms with E-state index in [4.69, 9.17) is 5.73 Å². The number of pyridine rings is 1. The van der Waals surface area contributed by atoms with Crippen LogP contribution in [0.15, 0.2) is 77.9 Å². The number of aromatic amines is 1. The molecular weight excluding hydrogens is 438 g/mol. The standard InChI is InChI=1S/C28H21N5O2/c1-15-17(10-7-13-22(15)33-14-30-20-11-5-4-9-19(20)28(33)35)23-16(2)31-26(27(29)34)25-24(23)18-8-3-6-12-21(18)32-25/h3-14,32H,1-2H3,(H2,29,34). The Labute approximate surface area is 199 Å². The topological polar surface area (TPSA) is 107 Å². The summed E-state index contributed by atoms with van der Waals surface area (Å²) in [7, 11) is 0. The molecule has 0 aliphatic rings. The Morgan fingerprint density at radius 1 is 0.943 bits per heavy atom. The average Bonchev–Trinajstić information content (AvgIpc) is 3.24. The van der Waals surface area contributed by atoms with Crippen LogP contribution in [0, 0.1) is 13.8 Å². The molecule has 0 saturated carbocycles. The van der Waals surface area contributed by atoms with Gasteiger partial charge in [-0.3, -0.25) is 14.2 Å². The molecule has 6 rings (SSSR count). The summed E-state index contributed by atoms with van der Waals surface area (Å²) < 4.78 is 1.58. The van der Waals surface area contributed by atoms with E-state index in [0.29, 0.717) is 22.1 Å². The fourth-order valence-corrected chi connectivity index (χ4v) is 4.94. The van der Waals surface area contributed by atoms with Gasteiger partial charge in [-0.1, -0.05) is 42.5 Å². The summed E-state index contributed by atoms with van der Waals surface area (Å²) >= 11 is 0. The van der Waals surface area contributed by atoms with Gasteiger partial charge in [-0.15, -0.1) is 0 Å². The van der Waals surface area contributed by atoms with Crippen LogP contribution in [-0.2, 0) is 0 Å². The minimum atomic E-state index is -0.588. The van der Waals surface area contributed by atoms with Gasteiger partial charge >= 0.3 is 0 Å². The number of primary amides is 1. The Hall–Kier alpha value is -4.78. The van der Waals surface area contributed by atoms with Crippen LogP contribution in [0.3, 0.4) is 0 Å². The number of para-hydroxylation sites is 2. The van der Waals surface area contributed by atoms with Crippen molar-refractivity contribution in [3.63, 3.8) is 0 Å². The summed E-state index contributed by atoms with van der Waals surface area (Å²) in [6, 6.07) is 21.0. The first-order chi connectivity index (χ1) is 17.0. The third-order valence-electron chi connectivity index (χ3n) is 6.57. The number of fused-ring (bicyclic) bond motifs is 4. The van der Waals surface area contributed by atoms with Gasteiger partial charge in [-0.25, -0.2) is 9.97 Å². The molecule has 170 valence electrons. The smallest absolute Gasteiger partial charge is 0.269 e. The van der Waals surface area contributed by atoms with E-state index in [1.807, 2.05) is 74.5 Å². The number of hydrogen-bond donors (Lipinski definition) is 2. The summed E-state index contributed by atoms with van der Waals surface area (Å²) in [6.07, 6.45) is 1.57. The van der Waals surface area contributed by atoms with Gasteiger partial charge in [0.2, 0.25) is 0 Å². The van der Waals surface area contributed by atoms with Crippen molar-refractivity contribution in [2.24, 2.45) is 5.73 Å². The van der Waals surface area contributed by atoms with Crippen molar-refractivity contribution >= 4 is 38.6 Å². The number of benzene rings is 3. The van der Waals surface area contributed by atoms with Gasteiger partial charge in [-0.05, 0) is 49.2 Å². The number of nitrogens with two attached hydrogens (primary N) is 1. The number of rotatable bonds is 3. The third kappa shape index (κ3) is 3.05. The Bertz CT molecular complexity index is 1880. The molecule has 3 heterocycles. The summed E-state index contributed by atoms with van der Waals surface area (Å²) in [5, 5.41) is 2.41. The van der Waals surface area contributed by atoms with E-state index in [9.17, 15) is 9.59 Å². The molecule has 3 aromatic carbocycles. The lowest BCUT2D eigenvalue weighted by Crippen LogP contribution is -2.19. The van der Waals surface area contributed by atoms with Crippen LogP contribution in [0.25, 0.3) is 49.5 Å². The van der Waals surface area contributed by atoms with Crippen LogP contribution in [0.1, 0.15) is 21.7 Å². The number of carbonyl (C=O) groups excluding carboxylic acids is 1. The van der Waals surface area contributed by atoms with Crippen molar-refractivity contribution in [2.75, 3.05) is 0 Å². The number of nitrogens with one attached hydrogen (secondary N) is 1. The molecule has 35 heavy (non-hydrogen) atoms. The zero-order chi connectivity index (χ0) is 24.3. The highest BCUT2D eigenvalue weighted by molar-refractivity contribution is 6.19. The van der Waals surface area contributed by atoms with Crippen LogP contribution in [-0.4, -0.2) is 25.4 Å². The molecule has 1 amide bonds. The summed E-state index contributed by atoms with van der Waals surface area (Å²) in [6.45, 7) is 3.85. The van der Waals surface area contributed by atoms with E-state index in [0.717, 1.165) is 38.7 Å². The fourth-order valence-electron chi connectivity index (χ4n) is 4.94. The molecule has 0 bridgehead atoms. The molecule has 7 nitrogen and oxygen atoms in total. The molecule has 0 fully saturated rings.